The van der Waals surface area contributed by atoms with Gasteiger partial charge in [0.15, 0.2) is 0 Å². The molecule has 5 heteroatoms. The number of methoxy groups -OCH3 is 1. The summed E-state index contributed by atoms with van der Waals surface area (Å²) in [6.45, 7) is 6.21. The van der Waals surface area contributed by atoms with Gasteiger partial charge in [0.25, 0.3) is 0 Å². The van der Waals surface area contributed by atoms with E-state index in [1.807, 2.05) is 0 Å². The molecule has 1 N–H and O–H groups in total. The molecule has 2 saturated heterocycles. The number of nitrogens with zero attached hydrogens (tertiary/aromatic N) is 2. The summed E-state index contributed by atoms with van der Waals surface area (Å²) >= 11 is 0. The maximum atomic E-state index is 12.4. The minimum atomic E-state index is 0.332. The molecule has 0 bridgehead atoms. The Kier molecular flexibility index (Phi) is 7.47. The molecule has 122 valence electrons. The lowest BCUT2D eigenvalue weighted by atomic mass is 10.0. The minimum Gasteiger partial charge on any atom is -0.383 e. The van der Waals surface area contributed by atoms with Crippen LogP contribution in [0, 0.1) is 0 Å². The molecule has 0 radical (unpaired) electrons. The van der Waals surface area contributed by atoms with Gasteiger partial charge in [0.1, 0.15) is 0 Å². The average Bonchev–Trinajstić information content (AvgIpc) is 2.54. The van der Waals surface area contributed by atoms with Crippen LogP contribution in [-0.4, -0.2) is 74.7 Å². The van der Waals surface area contributed by atoms with E-state index in [4.69, 9.17) is 4.74 Å². The summed E-state index contributed by atoms with van der Waals surface area (Å²) in [5.74, 6) is 0.332. The van der Waals surface area contributed by atoms with E-state index in [9.17, 15) is 4.79 Å². The predicted molar refractivity (Wildman–Crippen MR) is 84.4 cm³/mol. The Morgan fingerprint density at radius 1 is 1.14 bits per heavy atom. The van der Waals surface area contributed by atoms with Gasteiger partial charge in [-0.2, -0.15) is 0 Å². The highest BCUT2D eigenvalue weighted by Gasteiger charge is 2.26. The minimum absolute atomic E-state index is 0.332. The summed E-state index contributed by atoms with van der Waals surface area (Å²) in [5.41, 5.74) is 0. The Morgan fingerprint density at radius 3 is 2.67 bits per heavy atom. The van der Waals surface area contributed by atoms with E-state index >= 15 is 0 Å². The molecule has 1 amide bonds. The average molecular weight is 297 g/mol. The standard InChI is InChI=1S/C16H31N3O2/c1-21-12-8-17-13-15-7-3-6-11-19(15)14-16(20)18-9-4-2-5-10-18/h15,17H,2-14H2,1H3. The van der Waals surface area contributed by atoms with Gasteiger partial charge in [-0.1, -0.05) is 6.42 Å². The first kappa shape index (κ1) is 16.7. The molecule has 1 atom stereocenters. The van der Waals surface area contributed by atoms with Gasteiger partial charge in [0.2, 0.25) is 5.91 Å². The van der Waals surface area contributed by atoms with E-state index in [2.05, 4.69) is 15.1 Å². The highest BCUT2D eigenvalue weighted by atomic mass is 16.5. The summed E-state index contributed by atoms with van der Waals surface area (Å²) in [5, 5.41) is 3.45. The summed E-state index contributed by atoms with van der Waals surface area (Å²) in [6.07, 6.45) is 7.33. The lowest BCUT2D eigenvalue weighted by molar-refractivity contribution is -0.134. The molecule has 5 nitrogen and oxygen atoms in total. The second kappa shape index (κ2) is 9.38. The second-order valence-electron chi connectivity index (χ2n) is 6.26. The normalized spacial score (nSPS) is 24.2. The Bertz CT molecular complexity index is 306. The molecule has 0 aliphatic carbocycles. The van der Waals surface area contributed by atoms with Crippen molar-refractivity contribution >= 4 is 5.91 Å². The van der Waals surface area contributed by atoms with E-state index < -0.39 is 0 Å². The smallest absolute Gasteiger partial charge is 0.236 e. The Balaban J connectivity index is 1.76. The van der Waals surface area contributed by atoms with Crippen LogP contribution >= 0.6 is 0 Å². The third-order valence-corrected chi connectivity index (χ3v) is 4.66. The number of likely N-dealkylation sites (tertiary alicyclic amines) is 2. The Morgan fingerprint density at radius 2 is 1.90 bits per heavy atom. The quantitative estimate of drug-likeness (QED) is 0.715. The first-order valence-electron chi connectivity index (χ1n) is 8.52. The number of carbonyl (C=O) groups is 1. The van der Waals surface area contributed by atoms with Crippen LogP contribution < -0.4 is 5.32 Å². The van der Waals surface area contributed by atoms with Crippen molar-refractivity contribution in [3.63, 3.8) is 0 Å². The molecule has 21 heavy (non-hydrogen) atoms. The molecule has 2 aliphatic heterocycles. The van der Waals surface area contributed by atoms with Crippen LogP contribution in [0.4, 0.5) is 0 Å². The highest BCUT2D eigenvalue weighted by Crippen LogP contribution is 2.17. The zero-order chi connectivity index (χ0) is 14.9. The molecule has 0 spiro atoms. The fourth-order valence-electron chi connectivity index (χ4n) is 3.36. The van der Waals surface area contributed by atoms with Crippen molar-refractivity contribution in [1.82, 2.24) is 15.1 Å². The van der Waals surface area contributed by atoms with Gasteiger partial charge in [0, 0.05) is 39.3 Å². The number of ether oxygens (including phenoxy) is 1. The molecule has 2 aliphatic rings. The van der Waals surface area contributed by atoms with Gasteiger partial charge in [-0.25, -0.2) is 0 Å². The van der Waals surface area contributed by atoms with Crippen LogP contribution in [0.1, 0.15) is 38.5 Å². The molecule has 2 heterocycles. The van der Waals surface area contributed by atoms with Crippen molar-refractivity contribution in [3.05, 3.63) is 0 Å². The van der Waals surface area contributed by atoms with Crippen molar-refractivity contribution < 1.29 is 9.53 Å². The van der Waals surface area contributed by atoms with Crippen LogP contribution in [-0.2, 0) is 9.53 Å². The van der Waals surface area contributed by atoms with Crippen LogP contribution in [0.15, 0.2) is 0 Å². The molecule has 0 aromatic carbocycles. The van der Waals surface area contributed by atoms with Crippen LogP contribution in [0.3, 0.4) is 0 Å². The van der Waals surface area contributed by atoms with E-state index in [0.717, 1.165) is 39.3 Å². The fraction of sp³-hybridized carbons (Fsp3) is 0.938. The van der Waals surface area contributed by atoms with Gasteiger partial charge in [-0.05, 0) is 38.6 Å². The SMILES string of the molecule is COCCNCC1CCCCN1CC(=O)N1CCCCC1. The summed E-state index contributed by atoms with van der Waals surface area (Å²) < 4.78 is 5.07. The number of rotatable bonds is 7. The van der Waals surface area contributed by atoms with Crippen molar-refractivity contribution in [2.75, 3.05) is 53.0 Å². The van der Waals surface area contributed by atoms with Crippen molar-refractivity contribution in [1.29, 1.82) is 0 Å². The van der Waals surface area contributed by atoms with Crippen LogP contribution in [0.5, 0.6) is 0 Å². The molecular formula is C16H31N3O2. The number of hydrogen-bond acceptors (Lipinski definition) is 4. The first-order chi connectivity index (χ1) is 10.3. The highest BCUT2D eigenvalue weighted by molar-refractivity contribution is 5.78. The maximum absolute atomic E-state index is 12.4. The molecule has 0 aromatic rings. The van der Waals surface area contributed by atoms with E-state index in [1.54, 1.807) is 7.11 Å². The maximum Gasteiger partial charge on any atom is 0.236 e. The lowest BCUT2D eigenvalue weighted by Gasteiger charge is -2.37. The monoisotopic (exact) mass is 297 g/mol. The largest absolute Gasteiger partial charge is 0.383 e. The second-order valence-corrected chi connectivity index (χ2v) is 6.26. The number of hydrogen-bond donors (Lipinski definition) is 1. The number of amides is 1. The molecule has 2 rings (SSSR count). The molecule has 0 saturated carbocycles. The van der Waals surface area contributed by atoms with Gasteiger partial charge in [-0.15, -0.1) is 0 Å². The number of piperidine rings is 2. The third-order valence-electron chi connectivity index (χ3n) is 4.66. The van der Waals surface area contributed by atoms with Crippen LogP contribution in [0.25, 0.3) is 0 Å². The van der Waals surface area contributed by atoms with Crippen LogP contribution in [0.2, 0.25) is 0 Å². The Labute approximate surface area is 129 Å². The van der Waals surface area contributed by atoms with Gasteiger partial charge >= 0.3 is 0 Å². The number of carbonyl (C=O) groups excluding carboxylic acids is 1. The first-order valence-corrected chi connectivity index (χ1v) is 8.52. The van der Waals surface area contributed by atoms with Gasteiger partial charge in [-0.3, -0.25) is 9.69 Å². The predicted octanol–water partition coefficient (Wildman–Crippen LogP) is 1.09. The fourth-order valence-corrected chi connectivity index (χ4v) is 3.36. The summed E-state index contributed by atoms with van der Waals surface area (Å²) in [7, 11) is 1.73. The zero-order valence-corrected chi connectivity index (χ0v) is 13.5. The van der Waals surface area contributed by atoms with Gasteiger partial charge in [0.05, 0.1) is 13.2 Å². The summed E-state index contributed by atoms with van der Waals surface area (Å²) in [4.78, 5) is 16.9. The van der Waals surface area contributed by atoms with E-state index in [-0.39, 0.29) is 0 Å². The Hall–Kier alpha value is -0.650. The van der Waals surface area contributed by atoms with Crippen molar-refractivity contribution in [2.45, 2.75) is 44.6 Å². The molecule has 2 fully saturated rings. The van der Waals surface area contributed by atoms with E-state index in [1.165, 1.54) is 38.5 Å². The summed E-state index contributed by atoms with van der Waals surface area (Å²) in [6, 6.07) is 0.504. The molecule has 1 unspecified atom stereocenters. The van der Waals surface area contributed by atoms with E-state index in [0.29, 0.717) is 18.5 Å². The van der Waals surface area contributed by atoms with Crippen molar-refractivity contribution in [3.8, 4) is 0 Å². The van der Waals surface area contributed by atoms with Crippen molar-refractivity contribution in [2.24, 2.45) is 0 Å². The zero-order valence-electron chi connectivity index (χ0n) is 13.5. The topological polar surface area (TPSA) is 44.8 Å². The third kappa shape index (κ3) is 5.57. The molecular weight excluding hydrogens is 266 g/mol. The molecule has 0 aromatic heterocycles. The van der Waals surface area contributed by atoms with Gasteiger partial charge < -0.3 is 15.0 Å². The number of nitrogens with one attached hydrogen (secondary N) is 1. The lowest BCUT2D eigenvalue weighted by Crippen LogP contribution is -2.51.